The highest BCUT2D eigenvalue weighted by Crippen LogP contribution is 2.57. The Morgan fingerprint density at radius 1 is 1.27 bits per heavy atom. The summed E-state index contributed by atoms with van der Waals surface area (Å²) >= 11 is 0. The first-order chi connectivity index (χ1) is 12.0. The van der Waals surface area contributed by atoms with Crippen LogP contribution in [0.1, 0.15) is 72.6 Å². The third kappa shape index (κ3) is 4.13. The number of carbonyl (C=O) groups excluding carboxylic acids is 1. The lowest BCUT2D eigenvalue weighted by molar-refractivity contribution is -0.193. The fourth-order valence-corrected chi connectivity index (χ4v) is 4.98. The number of hydrogen-bond donors (Lipinski definition) is 2. The number of aliphatic hydroxyl groups is 1. The van der Waals surface area contributed by atoms with Gasteiger partial charge in [-0.25, -0.2) is 4.79 Å². The van der Waals surface area contributed by atoms with Crippen molar-refractivity contribution in [2.24, 2.45) is 23.2 Å². The Morgan fingerprint density at radius 2 is 1.92 bits per heavy atom. The molecule has 0 heterocycles. The topological polar surface area (TPSA) is 83.8 Å². The molecule has 5 nitrogen and oxygen atoms in total. The number of carboxylic acid groups (broad SMARTS) is 1. The van der Waals surface area contributed by atoms with Crippen molar-refractivity contribution in [3.63, 3.8) is 0 Å². The lowest BCUT2D eigenvalue weighted by Gasteiger charge is -2.57. The molecule has 2 aliphatic carbocycles. The van der Waals surface area contributed by atoms with Crippen LogP contribution in [-0.4, -0.2) is 33.9 Å². The molecule has 148 valence electrons. The number of aliphatic carboxylic acids is 1. The van der Waals surface area contributed by atoms with Crippen LogP contribution in [0.2, 0.25) is 0 Å². The van der Waals surface area contributed by atoms with E-state index in [4.69, 9.17) is 4.74 Å². The zero-order chi connectivity index (χ0) is 19.7. The molecule has 0 spiro atoms. The molecule has 5 heteroatoms. The molecule has 0 unspecified atom stereocenters. The van der Waals surface area contributed by atoms with Gasteiger partial charge in [0.15, 0.2) is 0 Å². The van der Waals surface area contributed by atoms with Gasteiger partial charge < -0.3 is 14.9 Å². The first-order valence-electron chi connectivity index (χ1n) is 9.85. The van der Waals surface area contributed by atoms with Crippen molar-refractivity contribution >= 4 is 11.9 Å². The minimum Gasteiger partial charge on any atom is -0.478 e. The summed E-state index contributed by atoms with van der Waals surface area (Å²) in [5.74, 6) is -1.37. The van der Waals surface area contributed by atoms with Crippen LogP contribution < -0.4 is 0 Å². The molecule has 0 amide bonds. The molecule has 2 saturated carbocycles. The zero-order valence-electron chi connectivity index (χ0n) is 16.6. The molecule has 0 radical (unpaired) electrons. The van der Waals surface area contributed by atoms with Gasteiger partial charge in [-0.05, 0) is 56.8 Å². The molecule has 26 heavy (non-hydrogen) atoms. The molecule has 0 saturated heterocycles. The van der Waals surface area contributed by atoms with Gasteiger partial charge in [-0.1, -0.05) is 33.8 Å². The smallest absolute Gasteiger partial charge is 0.331 e. The van der Waals surface area contributed by atoms with Crippen LogP contribution in [0, 0.1) is 23.2 Å². The van der Waals surface area contributed by atoms with E-state index < -0.39 is 11.6 Å². The van der Waals surface area contributed by atoms with Crippen LogP contribution in [0.15, 0.2) is 12.2 Å². The van der Waals surface area contributed by atoms with Gasteiger partial charge in [0.25, 0.3) is 0 Å². The second-order valence-electron chi connectivity index (χ2n) is 8.96. The third-order valence-corrected chi connectivity index (χ3v) is 6.95. The Hall–Kier alpha value is -1.36. The summed E-state index contributed by atoms with van der Waals surface area (Å²) in [5.41, 5.74) is -1.06. The SMILES string of the molecule is C=C(C(=O)O)[C@H]1C[C@H](OC(=O)C[C@H](C)CC)[C@@]2(C)CCC[C@@](C)(O)[C@@H]2C1. The quantitative estimate of drug-likeness (QED) is 0.549. The van der Waals surface area contributed by atoms with E-state index in [1.807, 2.05) is 20.8 Å². The van der Waals surface area contributed by atoms with Gasteiger partial charge in [0, 0.05) is 17.4 Å². The van der Waals surface area contributed by atoms with Gasteiger partial charge in [-0.15, -0.1) is 0 Å². The normalized spacial score (nSPS) is 38.1. The van der Waals surface area contributed by atoms with Gasteiger partial charge in [-0.3, -0.25) is 4.79 Å². The summed E-state index contributed by atoms with van der Waals surface area (Å²) in [4.78, 5) is 23.9. The number of ether oxygens (including phenoxy) is 1. The number of esters is 1. The maximum absolute atomic E-state index is 12.4. The summed E-state index contributed by atoms with van der Waals surface area (Å²) in [6.45, 7) is 11.7. The van der Waals surface area contributed by atoms with E-state index in [1.165, 1.54) is 0 Å². The predicted molar refractivity (Wildman–Crippen MR) is 99.5 cm³/mol. The molecule has 2 aliphatic rings. The average molecular weight is 366 g/mol. The van der Waals surface area contributed by atoms with Gasteiger partial charge >= 0.3 is 11.9 Å². The molecule has 0 aromatic carbocycles. The van der Waals surface area contributed by atoms with Crippen molar-refractivity contribution in [3.8, 4) is 0 Å². The fraction of sp³-hybridized carbons (Fsp3) is 0.810. The highest BCUT2D eigenvalue weighted by Gasteiger charge is 2.57. The summed E-state index contributed by atoms with van der Waals surface area (Å²) in [5, 5.41) is 20.4. The lowest BCUT2D eigenvalue weighted by atomic mass is 9.51. The Balaban J connectivity index is 2.28. The monoisotopic (exact) mass is 366 g/mol. The first-order valence-corrected chi connectivity index (χ1v) is 9.85. The van der Waals surface area contributed by atoms with Crippen LogP contribution in [0.25, 0.3) is 0 Å². The van der Waals surface area contributed by atoms with Crippen LogP contribution in [0.3, 0.4) is 0 Å². The molecular weight excluding hydrogens is 332 g/mol. The molecule has 0 aromatic heterocycles. The summed E-state index contributed by atoms with van der Waals surface area (Å²) in [6, 6.07) is 0. The molecule has 0 bridgehead atoms. The molecule has 2 rings (SSSR count). The standard InChI is InChI=1S/C21H34O5/c1-6-13(2)10-18(22)26-17-12-15(14(3)19(23)24)11-16-20(17,4)8-7-9-21(16,5)25/h13,15-17,25H,3,6-12H2,1-2,4-5H3,(H,23,24)/t13-,15-,16-,17+,20+,21-/m1/s1. The van der Waals surface area contributed by atoms with Crippen LogP contribution in [0.5, 0.6) is 0 Å². The summed E-state index contributed by atoms with van der Waals surface area (Å²) in [6.07, 6.45) is 4.39. The van der Waals surface area contributed by atoms with E-state index in [0.717, 1.165) is 19.3 Å². The largest absolute Gasteiger partial charge is 0.478 e. The number of hydrogen-bond acceptors (Lipinski definition) is 4. The minimum absolute atomic E-state index is 0.111. The maximum Gasteiger partial charge on any atom is 0.331 e. The van der Waals surface area contributed by atoms with Crippen LogP contribution in [0.4, 0.5) is 0 Å². The van der Waals surface area contributed by atoms with Crippen LogP contribution >= 0.6 is 0 Å². The molecular formula is C21H34O5. The number of carbonyl (C=O) groups is 2. The molecule has 0 aromatic rings. The average Bonchev–Trinajstić information content (AvgIpc) is 2.54. The molecule has 0 aliphatic heterocycles. The second kappa shape index (κ2) is 7.71. The Morgan fingerprint density at radius 3 is 2.50 bits per heavy atom. The van der Waals surface area contributed by atoms with Gasteiger partial charge in [0.1, 0.15) is 6.10 Å². The Kier molecular flexibility index (Phi) is 6.21. The third-order valence-electron chi connectivity index (χ3n) is 6.95. The van der Waals surface area contributed by atoms with Crippen molar-refractivity contribution in [3.05, 3.63) is 12.2 Å². The van der Waals surface area contributed by atoms with Crippen molar-refractivity contribution < 1.29 is 24.5 Å². The van der Waals surface area contributed by atoms with Crippen molar-refractivity contribution in [1.82, 2.24) is 0 Å². The highest BCUT2D eigenvalue weighted by molar-refractivity contribution is 5.86. The van der Waals surface area contributed by atoms with E-state index in [0.29, 0.717) is 25.7 Å². The minimum atomic E-state index is -1.02. The van der Waals surface area contributed by atoms with Crippen molar-refractivity contribution in [2.45, 2.75) is 84.3 Å². The molecule has 2 N–H and O–H groups in total. The van der Waals surface area contributed by atoms with E-state index in [2.05, 4.69) is 13.5 Å². The first kappa shape index (κ1) is 20.9. The highest BCUT2D eigenvalue weighted by atomic mass is 16.5. The molecule has 2 fully saturated rings. The van der Waals surface area contributed by atoms with Crippen molar-refractivity contribution in [1.29, 1.82) is 0 Å². The number of rotatable bonds is 6. The van der Waals surface area contributed by atoms with Crippen LogP contribution in [-0.2, 0) is 14.3 Å². The van der Waals surface area contributed by atoms with E-state index in [1.54, 1.807) is 0 Å². The maximum atomic E-state index is 12.4. The Bertz CT molecular complexity index is 567. The summed E-state index contributed by atoms with van der Waals surface area (Å²) < 4.78 is 5.91. The number of carboxylic acids is 1. The van der Waals surface area contributed by atoms with E-state index >= 15 is 0 Å². The van der Waals surface area contributed by atoms with Gasteiger partial charge in [-0.2, -0.15) is 0 Å². The second-order valence-corrected chi connectivity index (χ2v) is 8.96. The fourth-order valence-electron chi connectivity index (χ4n) is 4.98. The van der Waals surface area contributed by atoms with Crippen molar-refractivity contribution in [2.75, 3.05) is 0 Å². The summed E-state index contributed by atoms with van der Waals surface area (Å²) in [7, 11) is 0. The van der Waals surface area contributed by atoms with E-state index in [9.17, 15) is 19.8 Å². The Labute approximate surface area is 156 Å². The number of fused-ring (bicyclic) bond motifs is 1. The lowest BCUT2D eigenvalue weighted by Crippen LogP contribution is -2.58. The predicted octanol–water partition coefficient (Wildman–Crippen LogP) is 3.94. The molecule has 6 atom stereocenters. The van der Waals surface area contributed by atoms with E-state index in [-0.39, 0.29) is 40.8 Å². The van der Waals surface area contributed by atoms with Gasteiger partial charge in [0.2, 0.25) is 0 Å². The van der Waals surface area contributed by atoms with Gasteiger partial charge in [0.05, 0.1) is 5.60 Å². The zero-order valence-corrected chi connectivity index (χ0v) is 16.6.